The van der Waals surface area contributed by atoms with E-state index in [-0.39, 0.29) is 24.6 Å². The molecule has 0 saturated carbocycles. The molecule has 0 radical (unpaired) electrons. The molecule has 1 saturated heterocycles. The van der Waals surface area contributed by atoms with Crippen molar-refractivity contribution in [1.29, 1.82) is 0 Å². The Morgan fingerprint density at radius 1 is 1.30 bits per heavy atom. The van der Waals surface area contributed by atoms with Gasteiger partial charge >= 0.3 is 0 Å². The van der Waals surface area contributed by atoms with Crippen LogP contribution in [0.25, 0.3) is 0 Å². The van der Waals surface area contributed by atoms with Crippen molar-refractivity contribution in [3.63, 3.8) is 0 Å². The Morgan fingerprint density at radius 2 is 1.90 bits per heavy atom. The number of nitrogens with zero attached hydrogens (tertiary/aromatic N) is 1. The molecule has 1 aromatic rings. The summed E-state index contributed by atoms with van der Waals surface area (Å²) in [7, 11) is -1.32. The van der Waals surface area contributed by atoms with Gasteiger partial charge < -0.3 is 14.6 Å². The van der Waals surface area contributed by atoms with E-state index < -0.39 is 26.8 Å². The number of halogens is 1. The van der Waals surface area contributed by atoms with Gasteiger partial charge in [0, 0.05) is 25.2 Å². The maximum absolute atomic E-state index is 14.0. The normalized spacial score (nSPS) is 20.1. The summed E-state index contributed by atoms with van der Waals surface area (Å²) >= 11 is 0. The predicted molar refractivity (Wildman–Crippen MR) is 68.9 cm³/mol. The van der Waals surface area contributed by atoms with Gasteiger partial charge in [-0.25, -0.2) is 12.8 Å². The Kier molecular flexibility index (Phi) is 4.17. The van der Waals surface area contributed by atoms with Crippen LogP contribution < -0.4 is 9.47 Å². The third-order valence-electron chi connectivity index (χ3n) is 3.18. The minimum absolute atomic E-state index is 0.0316. The van der Waals surface area contributed by atoms with Gasteiger partial charge in [-0.2, -0.15) is 4.31 Å². The number of β-amino-alcohol motifs (C(OH)–C–C–N with tert-alkyl or cyclic N) is 1. The van der Waals surface area contributed by atoms with Crippen LogP contribution in [0.3, 0.4) is 0 Å². The number of hydrogen-bond acceptors (Lipinski definition) is 5. The molecular formula is C12H16FNO5S. The fourth-order valence-electron chi connectivity index (χ4n) is 2.10. The van der Waals surface area contributed by atoms with E-state index >= 15 is 0 Å². The van der Waals surface area contributed by atoms with E-state index in [0.29, 0.717) is 6.42 Å². The summed E-state index contributed by atoms with van der Waals surface area (Å²) in [5.74, 6) is -0.665. The molecule has 112 valence electrons. The lowest BCUT2D eigenvalue weighted by molar-refractivity contribution is 0.189. The third-order valence-corrected chi connectivity index (χ3v) is 5.06. The number of rotatable bonds is 4. The fourth-order valence-corrected chi connectivity index (χ4v) is 3.65. The van der Waals surface area contributed by atoms with Crippen LogP contribution in [0, 0.1) is 5.82 Å². The summed E-state index contributed by atoms with van der Waals surface area (Å²) in [4.78, 5) is -0.482. The molecular weight excluding hydrogens is 289 g/mol. The smallest absolute Gasteiger partial charge is 0.246 e. The molecule has 1 N–H and O–H groups in total. The first-order valence-corrected chi connectivity index (χ1v) is 7.44. The predicted octanol–water partition coefficient (Wildman–Crippen LogP) is 0.598. The molecule has 0 amide bonds. The Balaban J connectivity index is 2.46. The molecule has 0 aromatic heterocycles. The van der Waals surface area contributed by atoms with Gasteiger partial charge in [0.15, 0.2) is 11.5 Å². The highest BCUT2D eigenvalue weighted by Gasteiger charge is 2.34. The molecule has 1 atom stereocenters. The van der Waals surface area contributed by atoms with Crippen LogP contribution in [0.15, 0.2) is 17.0 Å². The van der Waals surface area contributed by atoms with Crippen molar-refractivity contribution in [3.8, 4) is 11.5 Å². The molecule has 6 nitrogen and oxygen atoms in total. The zero-order chi connectivity index (χ0) is 14.9. The van der Waals surface area contributed by atoms with Gasteiger partial charge in [0.05, 0.1) is 20.3 Å². The lowest BCUT2D eigenvalue weighted by Gasteiger charge is -2.17. The summed E-state index contributed by atoms with van der Waals surface area (Å²) in [6.07, 6.45) is -0.373. The van der Waals surface area contributed by atoms with Crippen molar-refractivity contribution in [2.24, 2.45) is 0 Å². The number of ether oxygens (including phenoxy) is 2. The molecule has 1 aliphatic rings. The molecule has 1 aromatic carbocycles. The summed E-state index contributed by atoms with van der Waals surface area (Å²) < 4.78 is 49.6. The Labute approximate surface area is 116 Å². The van der Waals surface area contributed by atoms with Gasteiger partial charge in [-0.3, -0.25) is 0 Å². The van der Waals surface area contributed by atoms with Crippen molar-refractivity contribution in [3.05, 3.63) is 17.9 Å². The highest BCUT2D eigenvalue weighted by molar-refractivity contribution is 7.89. The SMILES string of the molecule is COc1cc(F)c(S(=O)(=O)N2CCC(O)C2)cc1OC. The number of aliphatic hydroxyl groups is 1. The van der Waals surface area contributed by atoms with Crippen LogP contribution in [0.2, 0.25) is 0 Å². The van der Waals surface area contributed by atoms with Gasteiger partial charge in [-0.05, 0) is 6.42 Å². The number of aliphatic hydroxyl groups excluding tert-OH is 1. The topological polar surface area (TPSA) is 76.1 Å². The molecule has 0 aliphatic carbocycles. The van der Waals surface area contributed by atoms with E-state index in [1.54, 1.807) is 0 Å². The number of methoxy groups -OCH3 is 2. The summed E-state index contributed by atoms with van der Waals surface area (Å²) in [6, 6.07) is 2.06. The largest absolute Gasteiger partial charge is 0.493 e. The van der Waals surface area contributed by atoms with Gasteiger partial charge in [0.1, 0.15) is 10.7 Å². The van der Waals surface area contributed by atoms with Crippen molar-refractivity contribution < 1.29 is 27.4 Å². The average Bonchev–Trinajstić information content (AvgIpc) is 2.85. The molecule has 20 heavy (non-hydrogen) atoms. The van der Waals surface area contributed by atoms with Crippen molar-refractivity contribution in [2.45, 2.75) is 17.4 Å². The Hall–Kier alpha value is -1.38. The molecule has 0 bridgehead atoms. The second kappa shape index (κ2) is 5.55. The summed E-state index contributed by atoms with van der Waals surface area (Å²) in [5.41, 5.74) is 0. The number of benzene rings is 1. The molecule has 2 rings (SSSR count). The van der Waals surface area contributed by atoms with Crippen LogP contribution >= 0.6 is 0 Å². The lowest BCUT2D eigenvalue weighted by Crippen LogP contribution is -2.30. The second-order valence-corrected chi connectivity index (χ2v) is 6.35. The first-order chi connectivity index (χ1) is 9.40. The Bertz CT molecular complexity index is 604. The van der Waals surface area contributed by atoms with Gasteiger partial charge in [-0.1, -0.05) is 0 Å². The van der Waals surface area contributed by atoms with Crippen LogP contribution in [-0.2, 0) is 10.0 Å². The first kappa shape index (κ1) is 15.0. The maximum atomic E-state index is 14.0. The third kappa shape index (κ3) is 2.58. The van der Waals surface area contributed by atoms with E-state index in [1.807, 2.05) is 0 Å². The molecule has 1 heterocycles. The average molecular weight is 305 g/mol. The minimum Gasteiger partial charge on any atom is -0.493 e. The second-order valence-electron chi connectivity index (χ2n) is 4.44. The van der Waals surface area contributed by atoms with Crippen molar-refractivity contribution in [1.82, 2.24) is 4.31 Å². The first-order valence-electron chi connectivity index (χ1n) is 6.00. The number of sulfonamides is 1. The Morgan fingerprint density at radius 3 is 2.40 bits per heavy atom. The summed E-state index contributed by atoms with van der Waals surface area (Å²) in [6.45, 7) is 0.132. The van der Waals surface area contributed by atoms with E-state index in [4.69, 9.17) is 9.47 Å². The highest BCUT2D eigenvalue weighted by Crippen LogP contribution is 2.33. The van der Waals surface area contributed by atoms with Crippen molar-refractivity contribution in [2.75, 3.05) is 27.3 Å². The quantitative estimate of drug-likeness (QED) is 0.881. The van der Waals surface area contributed by atoms with Gasteiger partial charge in [0.2, 0.25) is 10.0 Å². The van der Waals surface area contributed by atoms with Gasteiger partial charge in [-0.15, -0.1) is 0 Å². The molecule has 0 spiro atoms. The highest BCUT2D eigenvalue weighted by atomic mass is 32.2. The van der Waals surface area contributed by atoms with E-state index in [9.17, 15) is 17.9 Å². The van der Waals surface area contributed by atoms with Crippen molar-refractivity contribution >= 4 is 10.0 Å². The lowest BCUT2D eigenvalue weighted by atomic mass is 10.3. The monoisotopic (exact) mass is 305 g/mol. The zero-order valence-corrected chi connectivity index (χ0v) is 12.0. The zero-order valence-electron chi connectivity index (χ0n) is 11.2. The van der Waals surface area contributed by atoms with Crippen LogP contribution in [-0.4, -0.2) is 51.2 Å². The fraction of sp³-hybridized carbons (Fsp3) is 0.500. The van der Waals surface area contributed by atoms with Crippen LogP contribution in [0.5, 0.6) is 11.5 Å². The molecule has 1 aliphatic heterocycles. The van der Waals surface area contributed by atoms with Gasteiger partial charge in [0.25, 0.3) is 0 Å². The molecule has 8 heteroatoms. The standard InChI is InChI=1S/C12H16FNO5S/c1-18-10-5-9(13)12(6-11(10)19-2)20(16,17)14-4-3-8(15)7-14/h5-6,8,15H,3-4,7H2,1-2H3. The van der Waals surface area contributed by atoms with E-state index in [0.717, 1.165) is 16.4 Å². The van der Waals surface area contributed by atoms with E-state index in [1.165, 1.54) is 14.2 Å². The summed E-state index contributed by atoms with van der Waals surface area (Å²) in [5, 5.41) is 9.42. The molecule has 1 unspecified atom stereocenters. The molecule has 1 fully saturated rings. The number of hydrogen-bond donors (Lipinski definition) is 1. The van der Waals surface area contributed by atoms with Crippen LogP contribution in [0.4, 0.5) is 4.39 Å². The maximum Gasteiger partial charge on any atom is 0.246 e. The van der Waals surface area contributed by atoms with E-state index in [2.05, 4.69) is 0 Å². The minimum atomic E-state index is -4.00. The van der Waals surface area contributed by atoms with Crippen LogP contribution in [0.1, 0.15) is 6.42 Å².